The molecule has 1 atom stereocenters. The maximum absolute atomic E-state index is 12.5. The molecule has 1 aliphatic carbocycles. The fourth-order valence-electron chi connectivity index (χ4n) is 3.95. The Labute approximate surface area is 139 Å². The van der Waals surface area contributed by atoms with Crippen LogP contribution in [-0.4, -0.2) is 35.5 Å². The van der Waals surface area contributed by atoms with Crippen LogP contribution in [0.5, 0.6) is 0 Å². The van der Waals surface area contributed by atoms with Gasteiger partial charge in [0.05, 0.1) is 5.54 Å². The van der Waals surface area contributed by atoms with Crippen LogP contribution in [0.25, 0.3) is 0 Å². The Morgan fingerprint density at radius 2 is 1.91 bits per heavy atom. The van der Waals surface area contributed by atoms with Gasteiger partial charge >= 0.3 is 0 Å². The molecule has 1 saturated carbocycles. The first kappa shape index (κ1) is 16.5. The van der Waals surface area contributed by atoms with Crippen LogP contribution >= 0.6 is 0 Å². The summed E-state index contributed by atoms with van der Waals surface area (Å²) in [5.74, 6) is 0.0590. The number of hydrogen-bond acceptors (Lipinski definition) is 3. The summed E-state index contributed by atoms with van der Waals surface area (Å²) in [4.78, 5) is 15.0. The van der Waals surface area contributed by atoms with E-state index in [1.807, 2.05) is 0 Å². The van der Waals surface area contributed by atoms with Gasteiger partial charge in [-0.3, -0.25) is 9.69 Å². The maximum Gasteiger partial charge on any atom is 0.240 e. The number of carbonyl (C=O) groups excluding carboxylic acids is 1. The van der Waals surface area contributed by atoms with Crippen molar-refractivity contribution in [2.45, 2.75) is 63.1 Å². The van der Waals surface area contributed by atoms with E-state index < -0.39 is 5.54 Å². The van der Waals surface area contributed by atoms with E-state index in [2.05, 4.69) is 40.5 Å². The zero-order chi connectivity index (χ0) is 16.1. The number of nitrogens with two attached hydrogens (primary N) is 1. The fourth-order valence-corrected chi connectivity index (χ4v) is 3.95. The summed E-state index contributed by atoms with van der Waals surface area (Å²) >= 11 is 0. The molecule has 2 fully saturated rings. The van der Waals surface area contributed by atoms with Crippen LogP contribution in [0.15, 0.2) is 30.3 Å². The smallest absolute Gasteiger partial charge is 0.240 e. The largest absolute Gasteiger partial charge is 0.353 e. The van der Waals surface area contributed by atoms with Gasteiger partial charge in [-0.05, 0) is 37.8 Å². The van der Waals surface area contributed by atoms with E-state index in [4.69, 9.17) is 5.73 Å². The molecule has 0 bridgehead atoms. The summed E-state index contributed by atoms with van der Waals surface area (Å²) in [6.07, 6.45) is 7.39. The second kappa shape index (κ2) is 7.45. The summed E-state index contributed by atoms with van der Waals surface area (Å²) in [6, 6.07) is 11.0. The van der Waals surface area contributed by atoms with E-state index in [-0.39, 0.29) is 5.91 Å². The summed E-state index contributed by atoms with van der Waals surface area (Å²) in [6.45, 7) is 2.81. The highest BCUT2D eigenvalue weighted by molar-refractivity contribution is 5.86. The van der Waals surface area contributed by atoms with Gasteiger partial charge in [-0.25, -0.2) is 0 Å². The Morgan fingerprint density at radius 3 is 2.65 bits per heavy atom. The summed E-state index contributed by atoms with van der Waals surface area (Å²) in [7, 11) is 0. The number of rotatable bonds is 5. The normalized spacial score (nSPS) is 24.5. The quantitative estimate of drug-likeness (QED) is 0.877. The van der Waals surface area contributed by atoms with Crippen molar-refractivity contribution in [3.05, 3.63) is 35.9 Å². The summed E-state index contributed by atoms with van der Waals surface area (Å²) in [5.41, 5.74) is 7.04. The molecule has 23 heavy (non-hydrogen) atoms. The van der Waals surface area contributed by atoms with Gasteiger partial charge in [0, 0.05) is 19.1 Å². The average Bonchev–Trinajstić information content (AvgIpc) is 3.01. The minimum atomic E-state index is -0.624. The fraction of sp³-hybridized carbons (Fsp3) is 0.632. The number of likely N-dealkylation sites (tertiary alicyclic amines) is 1. The maximum atomic E-state index is 12.5. The molecule has 126 valence electrons. The zero-order valence-corrected chi connectivity index (χ0v) is 14.0. The van der Waals surface area contributed by atoms with Gasteiger partial charge in [0.1, 0.15) is 0 Å². The van der Waals surface area contributed by atoms with Crippen molar-refractivity contribution in [2.75, 3.05) is 13.1 Å². The summed E-state index contributed by atoms with van der Waals surface area (Å²) in [5, 5.41) is 3.14. The van der Waals surface area contributed by atoms with Crippen molar-refractivity contribution in [1.29, 1.82) is 0 Å². The number of hydrogen-bond donors (Lipinski definition) is 2. The van der Waals surface area contributed by atoms with Crippen LogP contribution in [-0.2, 0) is 11.3 Å². The van der Waals surface area contributed by atoms with Gasteiger partial charge in [0.15, 0.2) is 0 Å². The van der Waals surface area contributed by atoms with E-state index in [0.29, 0.717) is 6.04 Å². The molecule has 0 aromatic heterocycles. The van der Waals surface area contributed by atoms with Crippen LogP contribution < -0.4 is 11.1 Å². The van der Waals surface area contributed by atoms with Crippen molar-refractivity contribution in [2.24, 2.45) is 5.73 Å². The highest BCUT2D eigenvalue weighted by Gasteiger charge is 2.36. The van der Waals surface area contributed by atoms with Crippen LogP contribution in [0.1, 0.15) is 50.5 Å². The number of amides is 1. The third-order valence-electron chi connectivity index (χ3n) is 5.42. The van der Waals surface area contributed by atoms with Gasteiger partial charge in [0.25, 0.3) is 0 Å². The molecule has 1 aliphatic heterocycles. The molecule has 1 aromatic carbocycles. The molecule has 1 saturated heterocycles. The molecule has 1 unspecified atom stereocenters. The molecule has 0 spiro atoms. The molecular weight excluding hydrogens is 286 g/mol. The number of carbonyl (C=O) groups is 1. The summed E-state index contributed by atoms with van der Waals surface area (Å²) < 4.78 is 0. The first-order valence-electron chi connectivity index (χ1n) is 9.02. The van der Waals surface area contributed by atoms with Crippen molar-refractivity contribution >= 4 is 5.91 Å². The lowest BCUT2D eigenvalue weighted by molar-refractivity contribution is -0.127. The molecule has 3 N–H and O–H groups in total. The zero-order valence-electron chi connectivity index (χ0n) is 14.0. The minimum absolute atomic E-state index is 0.0590. The van der Waals surface area contributed by atoms with Crippen molar-refractivity contribution in [3.63, 3.8) is 0 Å². The second-order valence-corrected chi connectivity index (χ2v) is 7.18. The SMILES string of the molecule is NC1(C(=O)NCC2CCCN2Cc2ccccc2)CCCCC1. The van der Waals surface area contributed by atoms with E-state index in [9.17, 15) is 4.79 Å². The Balaban J connectivity index is 1.51. The van der Waals surface area contributed by atoms with E-state index in [1.165, 1.54) is 18.4 Å². The second-order valence-electron chi connectivity index (χ2n) is 7.18. The van der Waals surface area contributed by atoms with Gasteiger partial charge in [-0.1, -0.05) is 49.6 Å². The monoisotopic (exact) mass is 315 g/mol. The van der Waals surface area contributed by atoms with Gasteiger partial charge in [-0.15, -0.1) is 0 Å². The van der Waals surface area contributed by atoms with E-state index in [0.717, 1.165) is 51.7 Å². The predicted molar refractivity (Wildman–Crippen MR) is 92.9 cm³/mol. The van der Waals surface area contributed by atoms with Crippen LogP contribution in [0.4, 0.5) is 0 Å². The topological polar surface area (TPSA) is 58.4 Å². The van der Waals surface area contributed by atoms with E-state index in [1.54, 1.807) is 0 Å². The number of nitrogens with one attached hydrogen (secondary N) is 1. The van der Waals surface area contributed by atoms with Crippen molar-refractivity contribution in [1.82, 2.24) is 10.2 Å². The van der Waals surface area contributed by atoms with Crippen LogP contribution in [0.3, 0.4) is 0 Å². The molecule has 4 heteroatoms. The highest BCUT2D eigenvalue weighted by Crippen LogP contribution is 2.26. The molecule has 3 rings (SSSR count). The van der Waals surface area contributed by atoms with Gasteiger partial charge < -0.3 is 11.1 Å². The molecule has 1 aromatic rings. The molecule has 4 nitrogen and oxygen atoms in total. The minimum Gasteiger partial charge on any atom is -0.353 e. The predicted octanol–water partition coefficient (Wildman–Crippen LogP) is 2.43. The van der Waals surface area contributed by atoms with Gasteiger partial charge in [-0.2, -0.15) is 0 Å². The Hall–Kier alpha value is -1.39. The molecule has 1 heterocycles. The van der Waals surface area contributed by atoms with E-state index >= 15 is 0 Å². The Morgan fingerprint density at radius 1 is 1.17 bits per heavy atom. The van der Waals surface area contributed by atoms with Crippen LogP contribution in [0, 0.1) is 0 Å². The Kier molecular flexibility index (Phi) is 5.34. The highest BCUT2D eigenvalue weighted by atomic mass is 16.2. The lowest BCUT2D eigenvalue weighted by Gasteiger charge is -2.33. The Bertz CT molecular complexity index is 511. The number of benzene rings is 1. The molecular formula is C19H29N3O. The lowest BCUT2D eigenvalue weighted by atomic mass is 9.82. The standard InChI is InChI=1S/C19H29N3O/c20-19(11-5-2-6-12-19)18(23)21-14-17-10-7-13-22(17)15-16-8-3-1-4-9-16/h1,3-4,8-9,17H,2,5-7,10-15,20H2,(H,21,23). The first-order chi connectivity index (χ1) is 11.2. The molecule has 1 amide bonds. The average molecular weight is 315 g/mol. The third-order valence-corrected chi connectivity index (χ3v) is 5.42. The molecule has 0 radical (unpaired) electrons. The van der Waals surface area contributed by atoms with Gasteiger partial charge in [0.2, 0.25) is 5.91 Å². The van der Waals surface area contributed by atoms with Crippen LogP contribution in [0.2, 0.25) is 0 Å². The lowest BCUT2D eigenvalue weighted by Crippen LogP contribution is -2.56. The third kappa shape index (κ3) is 4.12. The van der Waals surface area contributed by atoms with Crippen molar-refractivity contribution in [3.8, 4) is 0 Å². The first-order valence-corrected chi connectivity index (χ1v) is 9.02. The van der Waals surface area contributed by atoms with Crippen molar-refractivity contribution < 1.29 is 4.79 Å². The molecule has 2 aliphatic rings. The number of nitrogens with zero attached hydrogens (tertiary/aromatic N) is 1.